The zero-order chi connectivity index (χ0) is 13.7. The largest absolute Gasteiger partial charge is 0.350 e. The second kappa shape index (κ2) is 6.60. The first-order valence-electron chi connectivity index (χ1n) is 5.52. The molecule has 0 saturated heterocycles. The highest BCUT2D eigenvalue weighted by atomic mass is 79.9. The molecular formula is C11H12BrN5OS. The van der Waals surface area contributed by atoms with Gasteiger partial charge in [-0.3, -0.25) is 4.79 Å². The summed E-state index contributed by atoms with van der Waals surface area (Å²) in [4.78, 5) is 13.0. The van der Waals surface area contributed by atoms with Crippen molar-refractivity contribution in [1.82, 2.24) is 15.5 Å². The molecule has 19 heavy (non-hydrogen) atoms. The molecule has 6 nitrogen and oxygen atoms in total. The minimum absolute atomic E-state index is 0.244. The van der Waals surface area contributed by atoms with Gasteiger partial charge in [-0.25, -0.2) is 5.84 Å². The number of aromatic nitrogens is 2. The van der Waals surface area contributed by atoms with E-state index in [1.165, 1.54) is 4.88 Å². The molecule has 0 atom stereocenters. The van der Waals surface area contributed by atoms with Crippen LogP contribution in [0.15, 0.2) is 28.1 Å². The number of nitrogens with one attached hydrogen (secondary N) is 2. The SMILES string of the molecule is NNc1ccc(C(=O)NCCc2ccc(Br)s2)nn1. The minimum Gasteiger partial charge on any atom is -0.350 e. The number of carbonyl (C=O) groups excluding carboxylic acids is 1. The molecule has 0 aliphatic rings. The second-order valence-electron chi connectivity index (χ2n) is 3.66. The maximum atomic E-state index is 11.8. The van der Waals surface area contributed by atoms with Crippen molar-refractivity contribution in [2.45, 2.75) is 6.42 Å². The van der Waals surface area contributed by atoms with Crippen LogP contribution >= 0.6 is 27.3 Å². The standard InChI is InChI=1S/C11H12BrN5OS/c12-9-3-1-7(19-9)5-6-14-11(18)8-2-4-10(15-13)17-16-8/h1-4H,5-6,13H2,(H,14,18)(H,15,17). The third-order valence-electron chi connectivity index (χ3n) is 2.33. The van der Waals surface area contributed by atoms with Crippen molar-refractivity contribution in [3.63, 3.8) is 0 Å². The van der Waals surface area contributed by atoms with E-state index in [1.54, 1.807) is 23.5 Å². The number of thiophene rings is 1. The van der Waals surface area contributed by atoms with Crippen LogP contribution in [0.4, 0.5) is 5.82 Å². The number of nitrogens with zero attached hydrogens (tertiary/aromatic N) is 2. The summed E-state index contributed by atoms with van der Waals surface area (Å²) >= 11 is 5.06. The van der Waals surface area contributed by atoms with Gasteiger partial charge in [0.15, 0.2) is 11.5 Å². The van der Waals surface area contributed by atoms with E-state index in [1.807, 2.05) is 12.1 Å². The van der Waals surface area contributed by atoms with E-state index >= 15 is 0 Å². The van der Waals surface area contributed by atoms with Crippen molar-refractivity contribution in [2.75, 3.05) is 12.0 Å². The molecule has 0 aliphatic carbocycles. The van der Waals surface area contributed by atoms with E-state index in [0.29, 0.717) is 12.4 Å². The van der Waals surface area contributed by atoms with E-state index in [4.69, 9.17) is 5.84 Å². The van der Waals surface area contributed by atoms with Crippen LogP contribution in [0.25, 0.3) is 0 Å². The van der Waals surface area contributed by atoms with Crippen LogP contribution in [0.1, 0.15) is 15.4 Å². The van der Waals surface area contributed by atoms with Crippen molar-refractivity contribution in [3.8, 4) is 0 Å². The summed E-state index contributed by atoms with van der Waals surface area (Å²) in [6.07, 6.45) is 0.790. The van der Waals surface area contributed by atoms with Gasteiger partial charge in [0, 0.05) is 11.4 Å². The summed E-state index contributed by atoms with van der Waals surface area (Å²) in [5.74, 6) is 5.34. The number of halogens is 1. The van der Waals surface area contributed by atoms with E-state index in [-0.39, 0.29) is 11.6 Å². The van der Waals surface area contributed by atoms with Gasteiger partial charge in [0.25, 0.3) is 5.91 Å². The maximum Gasteiger partial charge on any atom is 0.271 e. The van der Waals surface area contributed by atoms with Gasteiger partial charge < -0.3 is 10.7 Å². The molecule has 2 aromatic rings. The molecule has 0 saturated carbocycles. The number of carbonyl (C=O) groups is 1. The van der Waals surface area contributed by atoms with E-state index in [2.05, 4.69) is 36.9 Å². The molecule has 0 unspecified atom stereocenters. The highest BCUT2D eigenvalue weighted by Gasteiger charge is 2.07. The molecule has 8 heteroatoms. The predicted molar refractivity (Wildman–Crippen MR) is 77.9 cm³/mol. The molecule has 1 amide bonds. The van der Waals surface area contributed by atoms with Gasteiger partial charge in [-0.05, 0) is 46.6 Å². The third-order valence-corrected chi connectivity index (χ3v) is 4.01. The zero-order valence-corrected chi connectivity index (χ0v) is 12.3. The Morgan fingerprint density at radius 3 is 2.74 bits per heavy atom. The quantitative estimate of drug-likeness (QED) is 0.566. The van der Waals surface area contributed by atoms with Gasteiger partial charge >= 0.3 is 0 Å². The van der Waals surface area contributed by atoms with Crippen LogP contribution in [0.3, 0.4) is 0 Å². The molecule has 0 fully saturated rings. The summed E-state index contributed by atoms with van der Waals surface area (Å²) in [7, 11) is 0. The highest BCUT2D eigenvalue weighted by Crippen LogP contribution is 2.22. The first kappa shape index (κ1) is 13.9. The first-order chi connectivity index (χ1) is 9.19. The van der Waals surface area contributed by atoms with E-state index in [0.717, 1.165) is 10.2 Å². The van der Waals surface area contributed by atoms with Gasteiger partial charge in [0.05, 0.1) is 3.79 Å². The molecule has 0 aromatic carbocycles. The third kappa shape index (κ3) is 3.98. The van der Waals surface area contributed by atoms with Gasteiger partial charge in [-0.15, -0.1) is 21.5 Å². The van der Waals surface area contributed by atoms with Gasteiger partial charge in [-0.1, -0.05) is 0 Å². The Hall–Kier alpha value is -1.51. The molecule has 2 heterocycles. The molecular weight excluding hydrogens is 330 g/mol. The van der Waals surface area contributed by atoms with Crippen molar-refractivity contribution in [2.24, 2.45) is 5.84 Å². The van der Waals surface area contributed by atoms with Crippen LogP contribution in [0.5, 0.6) is 0 Å². The lowest BCUT2D eigenvalue weighted by molar-refractivity contribution is 0.0948. The predicted octanol–water partition coefficient (Wildman–Crippen LogP) is 1.56. The maximum absolute atomic E-state index is 11.8. The Labute approximate surface area is 122 Å². The summed E-state index contributed by atoms with van der Waals surface area (Å²) in [6, 6.07) is 7.19. The zero-order valence-electron chi connectivity index (χ0n) is 9.89. The van der Waals surface area contributed by atoms with E-state index < -0.39 is 0 Å². The summed E-state index contributed by atoms with van der Waals surface area (Å²) in [5.41, 5.74) is 2.62. The van der Waals surface area contributed by atoms with Gasteiger partial charge in [0.1, 0.15) is 0 Å². The van der Waals surface area contributed by atoms with Crippen molar-refractivity contribution < 1.29 is 4.79 Å². The topological polar surface area (TPSA) is 92.9 Å². The number of nitrogens with two attached hydrogens (primary N) is 1. The number of hydrazine groups is 1. The number of rotatable bonds is 5. The Morgan fingerprint density at radius 2 is 2.16 bits per heavy atom. The second-order valence-corrected chi connectivity index (χ2v) is 6.21. The number of amides is 1. The normalized spacial score (nSPS) is 10.2. The van der Waals surface area contributed by atoms with Crippen molar-refractivity contribution >= 4 is 39.0 Å². The monoisotopic (exact) mass is 341 g/mol. The lowest BCUT2D eigenvalue weighted by Gasteiger charge is -2.03. The summed E-state index contributed by atoms with van der Waals surface area (Å²) in [6.45, 7) is 0.560. The van der Waals surface area contributed by atoms with Gasteiger partial charge in [-0.2, -0.15) is 0 Å². The minimum atomic E-state index is -0.244. The molecule has 100 valence electrons. The average Bonchev–Trinajstić information content (AvgIpc) is 2.84. The lowest BCUT2D eigenvalue weighted by Crippen LogP contribution is -2.26. The fraction of sp³-hybridized carbons (Fsp3) is 0.182. The van der Waals surface area contributed by atoms with Gasteiger partial charge in [0.2, 0.25) is 0 Å². The molecule has 0 aliphatic heterocycles. The van der Waals surface area contributed by atoms with Crippen LogP contribution in [-0.4, -0.2) is 22.6 Å². The number of anilines is 1. The molecule has 0 bridgehead atoms. The molecule has 2 rings (SSSR count). The molecule has 0 spiro atoms. The van der Waals surface area contributed by atoms with Crippen molar-refractivity contribution in [3.05, 3.63) is 38.6 Å². The molecule has 0 radical (unpaired) electrons. The van der Waals surface area contributed by atoms with Crippen LogP contribution < -0.4 is 16.6 Å². The number of hydrogen-bond acceptors (Lipinski definition) is 6. The van der Waals surface area contributed by atoms with E-state index in [9.17, 15) is 4.79 Å². The fourth-order valence-corrected chi connectivity index (χ4v) is 2.89. The molecule has 4 N–H and O–H groups in total. The fourth-order valence-electron chi connectivity index (χ4n) is 1.41. The summed E-state index contributed by atoms with van der Waals surface area (Å²) < 4.78 is 1.09. The van der Waals surface area contributed by atoms with Crippen LogP contribution in [-0.2, 0) is 6.42 Å². The number of nitrogen functional groups attached to an aromatic ring is 1. The smallest absolute Gasteiger partial charge is 0.271 e. The highest BCUT2D eigenvalue weighted by molar-refractivity contribution is 9.11. The number of hydrogen-bond donors (Lipinski definition) is 3. The first-order valence-corrected chi connectivity index (χ1v) is 7.13. The summed E-state index contributed by atoms with van der Waals surface area (Å²) in [5, 5.41) is 10.3. The van der Waals surface area contributed by atoms with Crippen LogP contribution in [0.2, 0.25) is 0 Å². The molecule has 2 aromatic heterocycles. The van der Waals surface area contributed by atoms with Crippen molar-refractivity contribution in [1.29, 1.82) is 0 Å². The average molecular weight is 342 g/mol. The Bertz CT molecular complexity index is 556. The lowest BCUT2D eigenvalue weighted by atomic mass is 10.3. The Morgan fingerprint density at radius 1 is 1.32 bits per heavy atom. The van der Waals surface area contributed by atoms with Crippen LogP contribution in [0, 0.1) is 0 Å². The Balaban J connectivity index is 1.83. The Kier molecular flexibility index (Phi) is 4.83.